The number of methoxy groups -OCH3 is 1. The minimum atomic E-state index is -4.57. The van der Waals surface area contributed by atoms with Gasteiger partial charge in [0.15, 0.2) is 5.69 Å². The van der Waals surface area contributed by atoms with Crippen molar-refractivity contribution in [2.24, 2.45) is 11.0 Å². The summed E-state index contributed by atoms with van der Waals surface area (Å²) in [5.74, 6) is -2.77. The number of carbonyl (C=O) groups is 4. The minimum Gasteiger partial charge on any atom is -0.497 e. The molecule has 16 nitrogen and oxygen atoms in total. The smallest absolute Gasteiger partial charge is 0.414 e. The fourth-order valence-electron chi connectivity index (χ4n) is 4.21. The van der Waals surface area contributed by atoms with Gasteiger partial charge in [0, 0.05) is 0 Å². The van der Waals surface area contributed by atoms with Crippen LogP contribution in [0.15, 0.2) is 58.0 Å². The van der Waals surface area contributed by atoms with E-state index in [0.717, 1.165) is 33.8 Å². The van der Waals surface area contributed by atoms with Crippen LogP contribution in [0.4, 0.5) is 19.0 Å². The highest BCUT2D eigenvalue weighted by molar-refractivity contribution is 7.93. The fraction of sp³-hybridized carbons (Fsp3) is 0.429. The monoisotopic (exact) mass is 792 g/mol. The van der Waals surface area contributed by atoms with Crippen LogP contribution in [0.2, 0.25) is 0 Å². The number of guanidine groups is 1. The van der Waals surface area contributed by atoms with Gasteiger partial charge >= 0.3 is 18.2 Å². The molecule has 0 aliphatic rings. The molecule has 1 aromatic heterocycles. The Balaban J connectivity index is 1.89. The second kappa shape index (κ2) is 18.2. The van der Waals surface area contributed by atoms with Gasteiger partial charge in [-0.25, -0.2) is 37.6 Å². The van der Waals surface area contributed by atoms with Crippen LogP contribution in [-0.4, -0.2) is 68.3 Å². The lowest BCUT2D eigenvalue weighted by Crippen LogP contribution is -2.48. The zero-order chi connectivity index (χ0) is 40.4. The quantitative estimate of drug-likeness (QED) is 0.0689. The number of hydrogen-bond acceptors (Lipinski definition) is 13. The molecule has 294 valence electrons. The van der Waals surface area contributed by atoms with E-state index in [-0.39, 0.29) is 35.3 Å². The summed E-state index contributed by atoms with van der Waals surface area (Å²) in [6.07, 6.45) is -2.64. The second-order valence-corrected chi connectivity index (χ2v) is 16.7. The Hall–Kier alpha value is -5.30. The van der Waals surface area contributed by atoms with E-state index in [1.54, 1.807) is 65.8 Å². The summed E-state index contributed by atoms with van der Waals surface area (Å²) < 4.78 is 65.7. The van der Waals surface area contributed by atoms with Crippen LogP contribution in [0.1, 0.15) is 77.0 Å². The molecule has 0 radical (unpaired) electrons. The number of anilines is 1. The van der Waals surface area contributed by atoms with Gasteiger partial charge in [0.1, 0.15) is 27.8 Å². The molecular weight excluding hydrogens is 748 g/mol. The van der Waals surface area contributed by atoms with E-state index in [0.29, 0.717) is 11.3 Å². The molecule has 19 heteroatoms. The highest BCUT2D eigenvalue weighted by atomic mass is 32.2. The number of sulfonamides is 1. The summed E-state index contributed by atoms with van der Waals surface area (Å²) in [6.45, 7) is 13.2. The molecule has 0 bridgehead atoms. The van der Waals surface area contributed by atoms with Crippen molar-refractivity contribution in [2.75, 3.05) is 18.0 Å². The Kier molecular flexibility index (Phi) is 14.5. The van der Waals surface area contributed by atoms with Crippen molar-refractivity contribution in [3.8, 4) is 5.75 Å². The predicted octanol–water partition coefficient (Wildman–Crippen LogP) is 5.48. The molecule has 0 aliphatic carbocycles. The Morgan fingerprint density at radius 2 is 1.54 bits per heavy atom. The second-order valence-electron chi connectivity index (χ2n) is 14.0. The van der Waals surface area contributed by atoms with Crippen LogP contribution in [-0.2, 0) is 42.0 Å². The topological polar surface area (TPSA) is 204 Å². The summed E-state index contributed by atoms with van der Waals surface area (Å²) in [5.41, 5.74) is 1.68. The standard InChI is InChI=1S/C35H45FN6O10S2/c1-21(2)19-50-30(44)28-29(53-20-37-28)42(18-22-10-13-24(49-9)14-11-22)54(47,48)25-15-12-23(26(36)17-25)16-27(43)40-41-31(38-32(45)51-34(3,4)5)39-33(46)52-35(6,7)8/h10-15,17,20-21H,16,18-19H2,1-9H3,(H,40,43)(H2,38,39,41,45,46). The number of halogens is 1. The molecular formula is C35H45FN6O10S2. The van der Waals surface area contributed by atoms with Crippen LogP contribution in [0.5, 0.6) is 5.75 Å². The third-order valence-electron chi connectivity index (χ3n) is 6.50. The van der Waals surface area contributed by atoms with Crippen molar-refractivity contribution < 1.29 is 50.9 Å². The molecule has 0 saturated carbocycles. The molecule has 3 aromatic rings. The van der Waals surface area contributed by atoms with Crippen molar-refractivity contribution >= 4 is 56.4 Å². The molecule has 0 spiro atoms. The van der Waals surface area contributed by atoms with E-state index in [2.05, 4.69) is 26.1 Å². The number of nitrogens with zero attached hydrogens (tertiary/aromatic N) is 3. The average molecular weight is 793 g/mol. The van der Waals surface area contributed by atoms with Crippen LogP contribution >= 0.6 is 11.3 Å². The zero-order valence-corrected chi connectivity index (χ0v) is 33.1. The first-order chi connectivity index (χ1) is 25.1. The first-order valence-corrected chi connectivity index (χ1v) is 18.8. The summed E-state index contributed by atoms with van der Waals surface area (Å²) in [5, 5.41) is 8.05. The van der Waals surface area contributed by atoms with Gasteiger partial charge < -0.3 is 18.9 Å². The van der Waals surface area contributed by atoms with Gasteiger partial charge in [-0.05, 0) is 82.9 Å². The number of carbonyl (C=O) groups excluding carboxylic acids is 4. The lowest BCUT2D eigenvalue weighted by Gasteiger charge is -2.24. The van der Waals surface area contributed by atoms with Gasteiger partial charge in [0.05, 0.1) is 37.1 Å². The number of aromatic nitrogens is 1. The lowest BCUT2D eigenvalue weighted by molar-refractivity contribution is -0.120. The maximum absolute atomic E-state index is 15.6. The van der Waals surface area contributed by atoms with E-state index < -0.39 is 68.4 Å². The Morgan fingerprint density at radius 1 is 0.944 bits per heavy atom. The molecule has 0 aliphatic heterocycles. The van der Waals surface area contributed by atoms with Gasteiger partial charge in [-0.15, -0.1) is 16.4 Å². The number of hydrazone groups is 1. The minimum absolute atomic E-state index is 0.00963. The third kappa shape index (κ3) is 13.3. The van der Waals surface area contributed by atoms with Crippen molar-refractivity contribution in [3.63, 3.8) is 0 Å². The number of hydrogen-bond donors (Lipinski definition) is 3. The van der Waals surface area contributed by atoms with Crippen LogP contribution in [0.3, 0.4) is 0 Å². The summed E-state index contributed by atoms with van der Waals surface area (Å²) >= 11 is 0.887. The average Bonchev–Trinajstić information content (AvgIpc) is 3.54. The van der Waals surface area contributed by atoms with Crippen molar-refractivity contribution in [3.05, 3.63) is 70.6 Å². The molecule has 0 atom stereocenters. The SMILES string of the molecule is COc1ccc(CN(c2scnc2C(=O)OCC(C)C)S(=O)(=O)c2ccc(CC(=O)NN=C(NC(=O)OC(C)(C)C)NC(=O)OC(C)(C)C)c(F)c2)cc1. The third-order valence-corrected chi connectivity index (χ3v) is 9.20. The highest BCUT2D eigenvalue weighted by Gasteiger charge is 2.32. The Morgan fingerprint density at radius 3 is 2.06 bits per heavy atom. The maximum Gasteiger partial charge on any atom is 0.414 e. The number of rotatable bonds is 12. The van der Waals surface area contributed by atoms with Crippen LogP contribution in [0, 0.1) is 11.7 Å². The number of amides is 3. The molecule has 3 N–H and O–H groups in total. The molecule has 1 heterocycles. The van der Waals surface area contributed by atoms with E-state index in [1.807, 2.05) is 13.8 Å². The van der Waals surface area contributed by atoms with Crippen molar-refractivity contribution in [1.82, 2.24) is 21.0 Å². The van der Waals surface area contributed by atoms with Crippen molar-refractivity contribution in [2.45, 2.75) is 84.5 Å². The van der Waals surface area contributed by atoms with Gasteiger partial charge in [-0.3, -0.25) is 19.7 Å². The summed E-state index contributed by atoms with van der Waals surface area (Å²) in [6, 6.07) is 9.53. The van der Waals surface area contributed by atoms with Gasteiger partial charge in [-0.1, -0.05) is 32.0 Å². The maximum atomic E-state index is 15.6. The molecule has 0 unspecified atom stereocenters. The largest absolute Gasteiger partial charge is 0.497 e. The van der Waals surface area contributed by atoms with E-state index in [1.165, 1.54) is 12.6 Å². The van der Waals surface area contributed by atoms with Crippen LogP contribution in [0.25, 0.3) is 0 Å². The fourth-order valence-corrected chi connectivity index (χ4v) is 6.69. The molecule has 0 saturated heterocycles. The number of thiazole rings is 1. The number of esters is 1. The molecule has 54 heavy (non-hydrogen) atoms. The van der Waals surface area contributed by atoms with Gasteiger partial charge in [0.25, 0.3) is 10.0 Å². The van der Waals surface area contributed by atoms with Crippen LogP contribution < -0.4 is 25.1 Å². The van der Waals surface area contributed by atoms with Gasteiger partial charge in [0.2, 0.25) is 11.9 Å². The van der Waals surface area contributed by atoms with E-state index in [4.69, 9.17) is 18.9 Å². The molecule has 3 rings (SSSR count). The number of ether oxygens (including phenoxy) is 4. The summed E-state index contributed by atoms with van der Waals surface area (Å²) in [4.78, 5) is 54.1. The molecule has 2 aromatic carbocycles. The predicted molar refractivity (Wildman–Crippen MR) is 198 cm³/mol. The Bertz CT molecular complexity index is 1920. The number of nitrogens with one attached hydrogen (secondary N) is 3. The van der Waals surface area contributed by atoms with Crippen molar-refractivity contribution in [1.29, 1.82) is 0 Å². The molecule has 3 amide bonds. The highest BCUT2D eigenvalue weighted by Crippen LogP contribution is 2.34. The lowest BCUT2D eigenvalue weighted by atomic mass is 10.1. The normalized spacial score (nSPS) is 11.6. The first kappa shape index (κ1) is 43.1. The van der Waals surface area contributed by atoms with E-state index in [9.17, 15) is 27.6 Å². The van der Waals surface area contributed by atoms with Gasteiger partial charge in [-0.2, -0.15) is 0 Å². The first-order valence-electron chi connectivity index (χ1n) is 16.5. The zero-order valence-electron chi connectivity index (χ0n) is 31.4. The Labute approximate surface area is 317 Å². The number of benzene rings is 2. The molecule has 0 fully saturated rings. The number of alkyl carbamates (subject to hydrolysis) is 2. The van der Waals surface area contributed by atoms with E-state index >= 15 is 4.39 Å². The summed E-state index contributed by atoms with van der Waals surface area (Å²) in [7, 11) is -3.08.